The molecule has 7 heteroatoms. The van der Waals surface area contributed by atoms with Crippen LogP contribution in [0.1, 0.15) is 80.2 Å². The lowest BCUT2D eigenvalue weighted by atomic mass is 9.96. The number of rotatable bonds is 5. The van der Waals surface area contributed by atoms with Crippen molar-refractivity contribution in [2.24, 2.45) is 0 Å². The van der Waals surface area contributed by atoms with Crippen LogP contribution in [0.25, 0.3) is 10.2 Å². The molecule has 0 atom stereocenters. The molecule has 0 radical (unpaired) electrons. The SMILES string of the molecule is Cc1nn(C2CCCCC2)c2sc(C(=O)NC3CCN(C(C)(C)C=O)CC3)cc12. The van der Waals surface area contributed by atoms with Gasteiger partial charge in [0.2, 0.25) is 0 Å². The minimum atomic E-state index is -0.428. The molecule has 4 rings (SSSR count). The summed E-state index contributed by atoms with van der Waals surface area (Å²) in [6.07, 6.45) is 9.00. The Hall–Kier alpha value is -1.73. The summed E-state index contributed by atoms with van der Waals surface area (Å²) in [5, 5.41) is 9.13. The van der Waals surface area contributed by atoms with Gasteiger partial charge in [-0.1, -0.05) is 19.3 Å². The van der Waals surface area contributed by atoms with E-state index in [2.05, 4.69) is 14.9 Å². The number of thiophene rings is 1. The van der Waals surface area contributed by atoms with E-state index >= 15 is 0 Å². The summed E-state index contributed by atoms with van der Waals surface area (Å²) in [5.74, 6) is 0.0221. The highest BCUT2D eigenvalue weighted by Gasteiger charge is 2.31. The van der Waals surface area contributed by atoms with Crippen LogP contribution in [0.5, 0.6) is 0 Å². The van der Waals surface area contributed by atoms with Crippen molar-refractivity contribution in [1.82, 2.24) is 20.0 Å². The number of carbonyl (C=O) groups is 2. The Labute approximate surface area is 176 Å². The summed E-state index contributed by atoms with van der Waals surface area (Å²) in [7, 11) is 0. The fraction of sp³-hybridized carbons (Fsp3) is 0.682. The molecule has 1 aliphatic carbocycles. The number of carbonyl (C=O) groups excluding carboxylic acids is 2. The molecular formula is C22H32N4O2S. The predicted molar refractivity (Wildman–Crippen MR) is 117 cm³/mol. The molecule has 6 nitrogen and oxygen atoms in total. The maximum absolute atomic E-state index is 12.9. The van der Waals surface area contributed by atoms with E-state index < -0.39 is 5.54 Å². The summed E-state index contributed by atoms with van der Waals surface area (Å²) < 4.78 is 2.19. The van der Waals surface area contributed by atoms with E-state index in [1.54, 1.807) is 11.3 Å². The van der Waals surface area contributed by atoms with Crippen molar-refractivity contribution < 1.29 is 9.59 Å². The van der Waals surface area contributed by atoms with Crippen LogP contribution in [-0.2, 0) is 4.79 Å². The molecule has 1 saturated carbocycles. The lowest BCUT2D eigenvalue weighted by Gasteiger charge is -2.39. The first-order chi connectivity index (χ1) is 13.9. The largest absolute Gasteiger partial charge is 0.349 e. The third-order valence-corrected chi connectivity index (χ3v) is 7.77. The van der Waals surface area contributed by atoms with Crippen molar-refractivity contribution in [1.29, 1.82) is 0 Å². The number of likely N-dealkylation sites (tertiary alicyclic amines) is 1. The van der Waals surface area contributed by atoms with Gasteiger partial charge in [-0.3, -0.25) is 14.4 Å². The Bertz CT molecular complexity index is 886. The molecular weight excluding hydrogens is 384 g/mol. The Balaban J connectivity index is 1.44. The summed E-state index contributed by atoms with van der Waals surface area (Å²) >= 11 is 1.58. The lowest BCUT2D eigenvalue weighted by Crippen LogP contribution is -2.52. The van der Waals surface area contributed by atoms with Crippen molar-refractivity contribution in [2.45, 2.75) is 83.3 Å². The zero-order valence-corrected chi connectivity index (χ0v) is 18.6. The second kappa shape index (κ2) is 8.19. The minimum Gasteiger partial charge on any atom is -0.349 e. The van der Waals surface area contributed by atoms with Gasteiger partial charge in [-0.15, -0.1) is 11.3 Å². The molecule has 2 aromatic heterocycles. The monoisotopic (exact) mass is 416 g/mol. The Morgan fingerprint density at radius 1 is 1.21 bits per heavy atom. The second-order valence-electron chi connectivity index (χ2n) is 9.16. The summed E-state index contributed by atoms with van der Waals surface area (Å²) in [6.45, 7) is 7.61. The molecule has 0 aromatic carbocycles. The molecule has 29 heavy (non-hydrogen) atoms. The molecule has 2 aliphatic rings. The van der Waals surface area contributed by atoms with Gasteiger partial charge >= 0.3 is 0 Å². The Morgan fingerprint density at radius 3 is 2.55 bits per heavy atom. The van der Waals surface area contributed by atoms with Crippen LogP contribution in [0.3, 0.4) is 0 Å². The fourth-order valence-corrected chi connectivity index (χ4v) is 5.82. The maximum atomic E-state index is 12.9. The zero-order valence-electron chi connectivity index (χ0n) is 17.7. The van der Waals surface area contributed by atoms with Crippen molar-refractivity contribution in [3.8, 4) is 0 Å². The molecule has 1 saturated heterocycles. The number of hydrogen-bond donors (Lipinski definition) is 1. The van der Waals surface area contributed by atoms with E-state index in [9.17, 15) is 9.59 Å². The average molecular weight is 417 g/mol. The van der Waals surface area contributed by atoms with E-state index in [1.807, 2.05) is 26.8 Å². The minimum absolute atomic E-state index is 0.0221. The smallest absolute Gasteiger partial charge is 0.261 e. The summed E-state index contributed by atoms with van der Waals surface area (Å²) in [6, 6.07) is 2.66. The number of nitrogens with zero attached hydrogens (tertiary/aromatic N) is 3. The molecule has 1 amide bonds. The number of aromatic nitrogens is 2. The molecule has 0 unspecified atom stereocenters. The number of hydrogen-bond acceptors (Lipinski definition) is 5. The van der Waals surface area contributed by atoms with Crippen LogP contribution in [0.2, 0.25) is 0 Å². The van der Waals surface area contributed by atoms with E-state index in [0.717, 1.165) is 53.0 Å². The van der Waals surface area contributed by atoms with Gasteiger partial charge < -0.3 is 10.1 Å². The molecule has 2 fully saturated rings. The zero-order chi connectivity index (χ0) is 20.6. The van der Waals surface area contributed by atoms with Gasteiger partial charge in [0, 0.05) is 24.5 Å². The normalized spacial score (nSPS) is 20.2. The van der Waals surface area contributed by atoms with Crippen LogP contribution >= 0.6 is 11.3 Å². The van der Waals surface area contributed by atoms with Gasteiger partial charge in [-0.25, -0.2) is 0 Å². The topological polar surface area (TPSA) is 67.2 Å². The Morgan fingerprint density at radius 2 is 1.90 bits per heavy atom. The highest BCUT2D eigenvalue weighted by Crippen LogP contribution is 2.35. The number of fused-ring (bicyclic) bond motifs is 1. The third kappa shape index (κ3) is 4.12. The molecule has 1 aliphatic heterocycles. The van der Waals surface area contributed by atoms with Gasteiger partial charge in [0.05, 0.1) is 22.2 Å². The molecule has 0 spiro atoms. The number of piperidine rings is 1. The fourth-order valence-electron chi connectivity index (χ4n) is 4.69. The van der Waals surface area contributed by atoms with E-state index in [4.69, 9.17) is 5.10 Å². The van der Waals surface area contributed by atoms with Crippen LogP contribution in [0.15, 0.2) is 6.07 Å². The van der Waals surface area contributed by atoms with Gasteiger partial charge in [-0.2, -0.15) is 5.10 Å². The van der Waals surface area contributed by atoms with Crippen LogP contribution < -0.4 is 5.32 Å². The molecule has 0 bridgehead atoms. The van der Waals surface area contributed by atoms with Gasteiger partial charge in [0.1, 0.15) is 11.1 Å². The number of aldehydes is 1. The predicted octanol–water partition coefficient (Wildman–Crippen LogP) is 4.08. The first-order valence-electron chi connectivity index (χ1n) is 10.9. The van der Waals surface area contributed by atoms with Crippen LogP contribution in [0, 0.1) is 6.92 Å². The maximum Gasteiger partial charge on any atom is 0.261 e. The molecule has 1 N–H and O–H groups in total. The van der Waals surface area contributed by atoms with Crippen molar-refractivity contribution >= 4 is 33.7 Å². The van der Waals surface area contributed by atoms with Crippen LogP contribution in [-0.4, -0.2) is 51.5 Å². The summed E-state index contributed by atoms with van der Waals surface area (Å²) in [4.78, 5) is 28.3. The van der Waals surface area contributed by atoms with E-state index in [-0.39, 0.29) is 11.9 Å². The van der Waals surface area contributed by atoms with Gasteiger partial charge in [0.25, 0.3) is 5.91 Å². The Kier molecular flexibility index (Phi) is 5.80. The molecule has 158 valence electrons. The average Bonchev–Trinajstić information content (AvgIpc) is 3.30. The first kappa shape index (κ1) is 20.5. The number of aryl methyl sites for hydroxylation is 1. The molecule has 3 heterocycles. The quantitative estimate of drug-likeness (QED) is 0.746. The number of amides is 1. The highest BCUT2D eigenvalue weighted by atomic mass is 32.1. The number of nitrogens with one attached hydrogen (secondary N) is 1. The lowest BCUT2D eigenvalue weighted by molar-refractivity contribution is -0.117. The van der Waals surface area contributed by atoms with Crippen LogP contribution in [0.4, 0.5) is 0 Å². The highest BCUT2D eigenvalue weighted by molar-refractivity contribution is 7.20. The second-order valence-corrected chi connectivity index (χ2v) is 10.2. The van der Waals surface area contributed by atoms with Crippen molar-refractivity contribution in [3.63, 3.8) is 0 Å². The first-order valence-corrected chi connectivity index (χ1v) is 11.7. The van der Waals surface area contributed by atoms with Gasteiger partial charge in [-0.05, 0) is 52.5 Å². The van der Waals surface area contributed by atoms with E-state index in [0.29, 0.717) is 6.04 Å². The molecule has 2 aromatic rings. The third-order valence-electron chi connectivity index (χ3n) is 6.65. The summed E-state index contributed by atoms with van der Waals surface area (Å²) in [5.41, 5.74) is 0.591. The van der Waals surface area contributed by atoms with Crippen molar-refractivity contribution in [3.05, 3.63) is 16.6 Å². The standard InChI is InChI=1S/C22H32N4O2S/c1-15-18-13-19(29-21(18)26(24-15)17-7-5-4-6-8-17)20(28)23-16-9-11-25(12-10-16)22(2,3)14-27/h13-14,16-17H,4-12H2,1-3H3,(H,23,28). The van der Waals surface area contributed by atoms with Gasteiger partial charge in [0.15, 0.2) is 0 Å². The van der Waals surface area contributed by atoms with E-state index in [1.165, 1.54) is 32.1 Å². The van der Waals surface area contributed by atoms with Crippen molar-refractivity contribution in [2.75, 3.05) is 13.1 Å².